The molecule has 2 heterocycles. The lowest BCUT2D eigenvalue weighted by Crippen LogP contribution is -2.32. The molecule has 1 aliphatic heterocycles. The van der Waals surface area contributed by atoms with Crippen molar-refractivity contribution in [3.05, 3.63) is 29.0 Å². The van der Waals surface area contributed by atoms with Crippen molar-refractivity contribution in [3.8, 4) is 0 Å². The second-order valence-electron chi connectivity index (χ2n) is 5.16. The molecule has 1 atom stereocenters. The molecule has 0 aromatic carbocycles. The van der Waals surface area contributed by atoms with Crippen molar-refractivity contribution >= 4 is 11.6 Å². The first-order valence-electron chi connectivity index (χ1n) is 5.18. The second-order valence-corrected chi connectivity index (χ2v) is 5.52. The second kappa shape index (κ2) is 3.46. The molecule has 0 amide bonds. The minimum absolute atomic E-state index is 0.0420. The summed E-state index contributed by atoms with van der Waals surface area (Å²) in [5, 5.41) is 0.594. The number of nitrogens with zero attached hydrogens (tertiary/aromatic N) is 1. The van der Waals surface area contributed by atoms with Gasteiger partial charge in [-0.3, -0.25) is 0 Å². The summed E-state index contributed by atoms with van der Waals surface area (Å²) >= 11 is 6.04. The quantitative estimate of drug-likeness (QED) is 0.571. The summed E-state index contributed by atoms with van der Waals surface area (Å²) in [5.74, 6) is 0. The van der Waals surface area contributed by atoms with Crippen LogP contribution in [0.1, 0.15) is 26.3 Å². The Labute approximate surface area is 95.6 Å². The van der Waals surface area contributed by atoms with E-state index in [0.29, 0.717) is 5.15 Å². The van der Waals surface area contributed by atoms with Gasteiger partial charge in [0.15, 0.2) is 0 Å². The summed E-state index contributed by atoms with van der Waals surface area (Å²) in [6, 6.07) is 3.93. The molecule has 82 valence electrons. The number of hydrogen-bond donors (Lipinski definition) is 0. The molecule has 15 heavy (non-hydrogen) atoms. The van der Waals surface area contributed by atoms with Crippen LogP contribution in [0.5, 0.6) is 0 Å². The van der Waals surface area contributed by atoms with E-state index in [9.17, 15) is 0 Å². The van der Waals surface area contributed by atoms with Gasteiger partial charge < -0.3 is 4.74 Å². The maximum atomic E-state index is 6.04. The number of pyridine rings is 1. The summed E-state index contributed by atoms with van der Waals surface area (Å²) in [5.41, 5.74) is 1.18. The molecule has 3 heteroatoms. The predicted molar refractivity (Wildman–Crippen MR) is 61.1 cm³/mol. The molecule has 0 bridgehead atoms. The first kappa shape index (κ1) is 10.9. The van der Waals surface area contributed by atoms with Crippen LogP contribution in [0, 0.1) is 5.41 Å². The highest BCUT2D eigenvalue weighted by Gasteiger charge is 2.54. The van der Waals surface area contributed by atoms with Crippen molar-refractivity contribution in [1.82, 2.24) is 4.98 Å². The van der Waals surface area contributed by atoms with Crippen LogP contribution in [0.15, 0.2) is 18.3 Å². The first-order valence-corrected chi connectivity index (χ1v) is 5.56. The van der Waals surface area contributed by atoms with Gasteiger partial charge >= 0.3 is 0 Å². The van der Waals surface area contributed by atoms with Gasteiger partial charge in [0.25, 0.3) is 0 Å². The minimum Gasteiger partial charge on any atom is -0.369 e. The molecule has 1 aliphatic rings. The fourth-order valence-corrected chi connectivity index (χ4v) is 1.93. The lowest BCUT2D eigenvalue weighted by Gasteiger charge is -2.27. The van der Waals surface area contributed by atoms with E-state index >= 15 is 0 Å². The van der Waals surface area contributed by atoms with Gasteiger partial charge in [0.1, 0.15) is 10.8 Å². The van der Waals surface area contributed by atoms with Crippen LogP contribution in [-0.2, 0) is 11.2 Å². The van der Waals surface area contributed by atoms with E-state index in [1.54, 1.807) is 6.20 Å². The van der Waals surface area contributed by atoms with Gasteiger partial charge in [-0.1, -0.05) is 38.4 Å². The molecular formula is C12H16ClNO. The van der Waals surface area contributed by atoms with Gasteiger partial charge in [0.2, 0.25) is 0 Å². The number of halogens is 1. The zero-order valence-electron chi connectivity index (χ0n) is 9.38. The van der Waals surface area contributed by atoms with E-state index in [1.807, 2.05) is 12.1 Å². The standard InChI is InChI=1S/C12H16ClNO/c1-11(2,3)12(8-15-12)7-9-5-4-6-14-10(9)13/h4-6H,7-8H2,1-3H3. The van der Waals surface area contributed by atoms with Gasteiger partial charge in [0, 0.05) is 12.6 Å². The summed E-state index contributed by atoms with van der Waals surface area (Å²) < 4.78 is 5.63. The van der Waals surface area contributed by atoms with Crippen molar-refractivity contribution in [2.45, 2.75) is 32.8 Å². The van der Waals surface area contributed by atoms with Crippen LogP contribution in [0.3, 0.4) is 0 Å². The fourth-order valence-electron chi connectivity index (χ4n) is 1.75. The molecule has 0 spiro atoms. The average molecular weight is 226 g/mol. The van der Waals surface area contributed by atoms with Crippen molar-refractivity contribution in [3.63, 3.8) is 0 Å². The van der Waals surface area contributed by atoms with E-state index in [4.69, 9.17) is 16.3 Å². The maximum absolute atomic E-state index is 6.04. The van der Waals surface area contributed by atoms with E-state index in [1.165, 1.54) is 0 Å². The highest BCUT2D eigenvalue weighted by molar-refractivity contribution is 6.30. The van der Waals surface area contributed by atoms with Crippen LogP contribution in [0.2, 0.25) is 5.15 Å². The maximum Gasteiger partial charge on any atom is 0.132 e. The molecule has 1 aromatic rings. The third-order valence-corrected chi connectivity index (χ3v) is 3.51. The van der Waals surface area contributed by atoms with Crippen molar-refractivity contribution in [2.24, 2.45) is 5.41 Å². The number of hydrogen-bond acceptors (Lipinski definition) is 2. The smallest absolute Gasteiger partial charge is 0.132 e. The monoisotopic (exact) mass is 225 g/mol. The molecule has 1 fully saturated rings. The molecule has 0 radical (unpaired) electrons. The largest absolute Gasteiger partial charge is 0.369 e. The average Bonchev–Trinajstić information content (AvgIpc) is 2.89. The van der Waals surface area contributed by atoms with Crippen LogP contribution < -0.4 is 0 Å². The van der Waals surface area contributed by atoms with Crippen LogP contribution in [-0.4, -0.2) is 17.2 Å². The van der Waals surface area contributed by atoms with Gasteiger partial charge in [-0.15, -0.1) is 0 Å². The van der Waals surface area contributed by atoms with E-state index in [0.717, 1.165) is 18.6 Å². The zero-order valence-corrected chi connectivity index (χ0v) is 10.1. The molecule has 0 N–H and O–H groups in total. The normalized spacial score (nSPS) is 25.3. The lowest BCUT2D eigenvalue weighted by atomic mass is 9.77. The zero-order chi connectivity index (χ0) is 11.1. The summed E-state index contributed by atoms with van der Waals surface area (Å²) in [6.07, 6.45) is 2.56. The highest BCUT2D eigenvalue weighted by atomic mass is 35.5. The van der Waals surface area contributed by atoms with Gasteiger partial charge in [-0.2, -0.15) is 0 Å². The number of epoxide rings is 1. The molecular weight excluding hydrogens is 210 g/mol. The number of ether oxygens (including phenoxy) is 1. The molecule has 0 aliphatic carbocycles. The Kier molecular flexibility index (Phi) is 2.52. The molecule has 1 unspecified atom stereocenters. The van der Waals surface area contributed by atoms with Crippen molar-refractivity contribution in [1.29, 1.82) is 0 Å². The van der Waals surface area contributed by atoms with Crippen LogP contribution in [0.4, 0.5) is 0 Å². The predicted octanol–water partition coefficient (Wildman–Crippen LogP) is 3.09. The first-order chi connectivity index (χ1) is 6.95. The number of aromatic nitrogens is 1. The van der Waals surface area contributed by atoms with Gasteiger partial charge in [0.05, 0.1) is 6.61 Å². The number of rotatable bonds is 2. The van der Waals surface area contributed by atoms with Crippen LogP contribution in [0.25, 0.3) is 0 Å². The molecule has 1 aromatic heterocycles. The van der Waals surface area contributed by atoms with E-state index in [2.05, 4.69) is 25.8 Å². The van der Waals surface area contributed by atoms with Gasteiger partial charge in [-0.25, -0.2) is 4.98 Å². The molecule has 1 saturated heterocycles. The van der Waals surface area contributed by atoms with Crippen molar-refractivity contribution < 1.29 is 4.74 Å². The van der Waals surface area contributed by atoms with Crippen LogP contribution >= 0.6 is 11.6 Å². The summed E-state index contributed by atoms with van der Waals surface area (Å²) in [4.78, 5) is 4.08. The Hall–Kier alpha value is -0.600. The fraction of sp³-hybridized carbons (Fsp3) is 0.583. The Bertz CT molecular complexity index is 366. The lowest BCUT2D eigenvalue weighted by molar-refractivity contribution is 0.155. The summed E-state index contributed by atoms with van der Waals surface area (Å²) in [7, 11) is 0. The molecule has 2 nitrogen and oxygen atoms in total. The van der Waals surface area contributed by atoms with E-state index < -0.39 is 0 Å². The topological polar surface area (TPSA) is 25.4 Å². The SMILES string of the molecule is CC(C)(C)C1(Cc2cccnc2Cl)CO1. The Morgan fingerprint density at radius 1 is 1.53 bits per heavy atom. The van der Waals surface area contributed by atoms with Crippen molar-refractivity contribution in [2.75, 3.05) is 6.61 Å². The summed E-state index contributed by atoms with van der Waals surface area (Å²) in [6.45, 7) is 7.42. The molecule has 0 saturated carbocycles. The highest BCUT2D eigenvalue weighted by Crippen LogP contribution is 2.46. The van der Waals surface area contributed by atoms with Gasteiger partial charge in [-0.05, 0) is 17.0 Å². The Morgan fingerprint density at radius 2 is 2.20 bits per heavy atom. The molecule has 2 rings (SSSR count). The minimum atomic E-state index is -0.0420. The van der Waals surface area contributed by atoms with E-state index in [-0.39, 0.29) is 11.0 Å². The Balaban J connectivity index is 2.20. The third-order valence-electron chi connectivity index (χ3n) is 3.17. The third kappa shape index (κ3) is 2.01. The Morgan fingerprint density at radius 3 is 2.67 bits per heavy atom.